The molecule has 1 amide bonds. The Morgan fingerprint density at radius 3 is 2.46 bits per heavy atom. The van der Waals surface area contributed by atoms with Crippen molar-refractivity contribution in [1.82, 2.24) is 0 Å². The molecule has 2 aromatic rings. The van der Waals surface area contributed by atoms with E-state index in [-0.39, 0.29) is 6.54 Å². The highest BCUT2D eigenvalue weighted by Crippen LogP contribution is 2.25. The summed E-state index contributed by atoms with van der Waals surface area (Å²) < 4.78 is 25.4. The smallest absolute Gasteiger partial charge is 0.245 e. The van der Waals surface area contributed by atoms with Crippen molar-refractivity contribution >= 4 is 38.9 Å². The van der Waals surface area contributed by atoms with Gasteiger partial charge in [-0.15, -0.1) is 0 Å². The van der Waals surface area contributed by atoms with Crippen LogP contribution in [0.2, 0.25) is 5.02 Å². The van der Waals surface area contributed by atoms with Crippen LogP contribution in [0.25, 0.3) is 0 Å². The van der Waals surface area contributed by atoms with Gasteiger partial charge in [-0.1, -0.05) is 29.8 Å². The molecule has 0 radical (unpaired) electrons. The van der Waals surface area contributed by atoms with E-state index in [0.29, 0.717) is 16.4 Å². The quantitative estimate of drug-likeness (QED) is 0.882. The molecule has 7 heteroatoms. The van der Waals surface area contributed by atoms with Crippen molar-refractivity contribution in [3.8, 4) is 0 Å². The molecule has 1 N–H and O–H groups in total. The van der Waals surface area contributed by atoms with Gasteiger partial charge < -0.3 is 5.32 Å². The summed E-state index contributed by atoms with van der Waals surface area (Å²) in [7, 11) is -3.61. The van der Waals surface area contributed by atoms with Crippen molar-refractivity contribution in [2.24, 2.45) is 0 Å². The molecule has 2 aromatic carbocycles. The maximum absolute atomic E-state index is 12.3. The highest BCUT2D eigenvalue weighted by Gasteiger charge is 2.22. The first-order valence-corrected chi connectivity index (χ1v) is 9.50. The molecule has 0 spiro atoms. The average Bonchev–Trinajstić information content (AvgIpc) is 2.47. The molecule has 0 heterocycles. The van der Waals surface area contributed by atoms with Gasteiger partial charge in [0.1, 0.15) is 6.54 Å². The van der Waals surface area contributed by atoms with Gasteiger partial charge in [0.2, 0.25) is 15.9 Å². The molecule has 0 saturated heterocycles. The Morgan fingerprint density at radius 1 is 1.17 bits per heavy atom. The number of hydrogen-bond donors (Lipinski definition) is 1. The number of carbonyl (C=O) groups excluding carboxylic acids is 1. The highest BCUT2D eigenvalue weighted by atomic mass is 35.5. The molecular weight excluding hydrogens is 348 g/mol. The van der Waals surface area contributed by atoms with Crippen molar-refractivity contribution < 1.29 is 13.2 Å². The summed E-state index contributed by atoms with van der Waals surface area (Å²) in [6.07, 6.45) is 1.08. The number of nitrogens with zero attached hydrogens (tertiary/aromatic N) is 1. The number of amides is 1. The lowest BCUT2D eigenvalue weighted by molar-refractivity contribution is -0.114. The number of anilines is 2. The lowest BCUT2D eigenvalue weighted by Crippen LogP contribution is -2.38. The Morgan fingerprint density at radius 2 is 1.83 bits per heavy atom. The number of carbonyl (C=O) groups is 1. The second-order valence-corrected chi connectivity index (χ2v) is 7.89. The van der Waals surface area contributed by atoms with E-state index < -0.39 is 15.9 Å². The molecule has 24 heavy (non-hydrogen) atoms. The molecule has 0 unspecified atom stereocenters. The van der Waals surface area contributed by atoms with E-state index in [9.17, 15) is 13.2 Å². The number of rotatable bonds is 5. The molecule has 2 rings (SSSR count). The van der Waals surface area contributed by atoms with Crippen LogP contribution >= 0.6 is 11.6 Å². The Kier molecular flexibility index (Phi) is 5.51. The zero-order chi connectivity index (χ0) is 17.9. The van der Waals surface area contributed by atoms with Crippen LogP contribution in [0.4, 0.5) is 11.4 Å². The molecule has 0 aliphatic rings. The van der Waals surface area contributed by atoms with Crippen molar-refractivity contribution in [2.75, 3.05) is 22.4 Å². The zero-order valence-corrected chi connectivity index (χ0v) is 15.3. The van der Waals surface area contributed by atoms with Crippen LogP contribution in [0.15, 0.2) is 42.5 Å². The lowest BCUT2D eigenvalue weighted by Gasteiger charge is -2.24. The molecular formula is C17H19ClN2O3S. The SMILES string of the molecule is Cc1cccc(N(CC(=O)Nc2cccc(Cl)c2)S(C)(=O)=O)c1C. The number of nitrogens with one attached hydrogen (secondary N) is 1. The van der Waals surface area contributed by atoms with Gasteiger partial charge in [0.15, 0.2) is 0 Å². The van der Waals surface area contributed by atoms with E-state index in [2.05, 4.69) is 5.32 Å². The predicted octanol–water partition coefficient (Wildman–Crippen LogP) is 3.36. The van der Waals surface area contributed by atoms with Gasteiger partial charge in [-0.05, 0) is 49.2 Å². The maximum atomic E-state index is 12.3. The van der Waals surface area contributed by atoms with Crippen LogP contribution in [0.5, 0.6) is 0 Å². The minimum absolute atomic E-state index is 0.310. The second kappa shape index (κ2) is 7.23. The van der Waals surface area contributed by atoms with Gasteiger partial charge in [-0.25, -0.2) is 8.42 Å². The molecule has 0 saturated carbocycles. The van der Waals surface area contributed by atoms with E-state index >= 15 is 0 Å². The van der Waals surface area contributed by atoms with Gasteiger partial charge in [-0.3, -0.25) is 9.10 Å². The Labute approximate surface area is 147 Å². The van der Waals surface area contributed by atoms with Crippen molar-refractivity contribution in [3.63, 3.8) is 0 Å². The van der Waals surface area contributed by atoms with Gasteiger partial charge in [-0.2, -0.15) is 0 Å². The number of benzene rings is 2. The van der Waals surface area contributed by atoms with Crippen LogP contribution in [0.3, 0.4) is 0 Å². The van der Waals surface area contributed by atoms with Crippen molar-refractivity contribution in [3.05, 3.63) is 58.6 Å². The first-order valence-electron chi connectivity index (χ1n) is 7.28. The summed E-state index contributed by atoms with van der Waals surface area (Å²) >= 11 is 5.88. The van der Waals surface area contributed by atoms with E-state index in [0.717, 1.165) is 21.7 Å². The monoisotopic (exact) mass is 366 g/mol. The summed E-state index contributed by atoms with van der Waals surface area (Å²) in [4.78, 5) is 12.3. The fourth-order valence-electron chi connectivity index (χ4n) is 2.28. The number of sulfonamides is 1. The topological polar surface area (TPSA) is 66.5 Å². The first kappa shape index (κ1) is 18.3. The molecule has 5 nitrogen and oxygen atoms in total. The molecule has 0 aromatic heterocycles. The van der Waals surface area contributed by atoms with Gasteiger partial charge in [0.05, 0.1) is 11.9 Å². The van der Waals surface area contributed by atoms with E-state index in [1.54, 1.807) is 36.4 Å². The third kappa shape index (κ3) is 4.49. The Bertz CT molecular complexity index is 866. The van der Waals surface area contributed by atoms with Crippen LogP contribution in [-0.4, -0.2) is 27.1 Å². The molecule has 0 atom stereocenters. The predicted molar refractivity (Wildman–Crippen MR) is 98.2 cm³/mol. The Hall–Kier alpha value is -2.05. The van der Waals surface area contributed by atoms with Crippen LogP contribution < -0.4 is 9.62 Å². The third-order valence-electron chi connectivity index (χ3n) is 3.64. The van der Waals surface area contributed by atoms with Gasteiger partial charge >= 0.3 is 0 Å². The summed E-state index contributed by atoms with van der Waals surface area (Å²) in [6, 6.07) is 12.0. The van der Waals surface area contributed by atoms with Crippen molar-refractivity contribution in [1.29, 1.82) is 0 Å². The van der Waals surface area contributed by atoms with Crippen LogP contribution in [-0.2, 0) is 14.8 Å². The van der Waals surface area contributed by atoms with Gasteiger partial charge in [0, 0.05) is 10.7 Å². The minimum atomic E-state index is -3.61. The van der Waals surface area contributed by atoms with Crippen molar-refractivity contribution in [2.45, 2.75) is 13.8 Å². The zero-order valence-electron chi connectivity index (χ0n) is 13.7. The first-order chi connectivity index (χ1) is 11.2. The van der Waals surface area contributed by atoms with Crippen LogP contribution in [0, 0.1) is 13.8 Å². The largest absolute Gasteiger partial charge is 0.324 e. The third-order valence-corrected chi connectivity index (χ3v) is 5.00. The summed E-state index contributed by atoms with van der Waals surface area (Å²) in [5, 5.41) is 3.15. The second-order valence-electron chi connectivity index (χ2n) is 5.55. The van der Waals surface area contributed by atoms with Crippen LogP contribution in [0.1, 0.15) is 11.1 Å². The fourth-order valence-corrected chi connectivity index (χ4v) is 3.38. The molecule has 128 valence electrons. The maximum Gasteiger partial charge on any atom is 0.245 e. The average molecular weight is 367 g/mol. The van der Waals surface area contributed by atoms with E-state index in [1.807, 2.05) is 19.9 Å². The number of aryl methyl sites for hydroxylation is 1. The van der Waals surface area contributed by atoms with E-state index in [4.69, 9.17) is 11.6 Å². The lowest BCUT2D eigenvalue weighted by atomic mass is 10.1. The fraction of sp³-hybridized carbons (Fsp3) is 0.235. The Balaban J connectivity index is 2.27. The molecule has 0 aliphatic heterocycles. The number of halogens is 1. The van der Waals surface area contributed by atoms with Gasteiger partial charge in [0.25, 0.3) is 0 Å². The summed E-state index contributed by atoms with van der Waals surface area (Å²) in [5.41, 5.74) is 2.79. The highest BCUT2D eigenvalue weighted by molar-refractivity contribution is 7.92. The molecule has 0 bridgehead atoms. The standard InChI is InChI=1S/C17H19ClN2O3S/c1-12-6-4-9-16(13(12)2)20(24(3,22)23)11-17(21)19-15-8-5-7-14(18)10-15/h4-10H,11H2,1-3H3,(H,19,21). The van der Waals surface area contributed by atoms with E-state index in [1.165, 1.54) is 0 Å². The molecule has 0 fully saturated rings. The minimum Gasteiger partial charge on any atom is -0.324 e. The normalized spacial score (nSPS) is 11.2. The summed E-state index contributed by atoms with van der Waals surface area (Å²) in [6.45, 7) is 3.42. The summed E-state index contributed by atoms with van der Waals surface area (Å²) in [5.74, 6) is -0.441. The number of hydrogen-bond acceptors (Lipinski definition) is 3. The molecule has 0 aliphatic carbocycles.